The van der Waals surface area contributed by atoms with Crippen LogP contribution in [0, 0.1) is 5.82 Å². The standard InChI is InChI=1S/C16H15FN2O5S/c17-12-3-1-2-11(8-12)4-5-15(22)24-9-13(20)18-6-7-19-14(21)10-25-16(19)23/h1-5,8H,6-7,9-10H2,(H,18,20)/b5-4+. The summed E-state index contributed by atoms with van der Waals surface area (Å²) in [5, 5.41) is 2.10. The van der Waals surface area contributed by atoms with E-state index >= 15 is 0 Å². The Bertz CT molecular complexity index is 706. The number of esters is 1. The van der Waals surface area contributed by atoms with Crippen molar-refractivity contribution in [2.45, 2.75) is 0 Å². The van der Waals surface area contributed by atoms with Crippen LogP contribution in [0.1, 0.15) is 5.56 Å². The average molecular weight is 366 g/mol. The first-order valence-corrected chi connectivity index (χ1v) is 8.28. The fraction of sp³-hybridized carbons (Fsp3) is 0.250. The maximum absolute atomic E-state index is 13.0. The molecule has 0 radical (unpaired) electrons. The van der Waals surface area contributed by atoms with Gasteiger partial charge in [0.1, 0.15) is 5.82 Å². The molecular weight excluding hydrogens is 351 g/mol. The van der Waals surface area contributed by atoms with Crippen LogP contribution in [0.4, 0.5) is 9.18 Å². The molecule has 0 unspecified atom stereocenters. The van der Waals surface area contributed by atoms with Crippen molar-refractivity contribution in [2.24, 2.45) is 0 Å². The van der Waals surface area contributed by atoms with E-state index < -0.39 is 24.3 Å². The van der Waals surface area contributed by atoms with E-state index in [4.69, 9.17) is 4.74 Å². The molecule has 0 atom stereocenters. The minimum Gasteiger partial charge on any atom is -0.452 e. The van der Waals surface area contributed by atoms with Gasteiger partial charge in [-0.1, -0.05) is 23.9 Å². The number of carbonyl (C=O) groups excluding carboxylic acids is 4. The lowest BCUT2D eigenvalue weighted by Gasteiger charge is -2.12. The second kappa shape index (κ2) is 8.97. The van der Waals surface area contributed by atoms with Crippen molar-refractivity contribution in [3.63, 3.8) is 0 Å². The average Bonchev–Trinajstić information content (AvgIpc) is 2.90. The van der Waals surface area contributed by atoms with Gasteiger partial charge in [-0.2, -0.15) is 0 Å². The Morgan fingerprint density at radius 2 is 2.16 bits per heavy atom. The van der Waals surface area contributed by atoms with Crippen LogP contribution in [0.5, 0.6) is 0 Å². The first kappa shape index (κ1) is 18.7. The van der Waals surface area contributed by atoms with Gasteiger partial charge in [-0.15, -0.1) is 0 Å². The van der Waals surface area contributed by atoms with Gasteiger partial charge in [-0.05, 0) is 23.8 Å². The third kappa shape index (κ3) is 6.03. The van der Waals surface area contributed by atoms with Crippen LogP contribution < -0.4 is 5.32 Å². The SMILES string of the molecule is O=C(COC(=O)/C=C/c1cccc(F)c1)NCCN1C(=O)CSC1=O. The number of carbonyl (C=O) groups is 4. The highest BCUT2D eigenvalue weighted by Crippen LogP contribution is 2.17. The van der Waals surface area contributed by atoms with Gasteiger partial charge in [-0.3, -0.25) is 19.3 Å². The van der Waals surface area contributed by atoms with Gasteiger partial charge in [-0.25, -0.2) is 9.18 Å². The summed E-state index contributed by atoms with van der Waals surface area (Å²) < 4.78 is 17.7. The minimum absolute atomic E-state index is 0.0732. The van der Waals surface area contributed by atoms with Crippen molar-refractivity contribution >= 4 is 40.9 Å². The molecule has 1 aromatic rings. The van der Waals surface area contributed by atoms with Crippen molar-refractivity contribution in [1.29, 1.82) is 0 Å². The van der Waals surface area contributed by atoms with Crippen molar-refractivity contribution in [2.75, 3.05) is 25.4 Å². The molecule has 1 aliphatic heterocycles. The quantitative estimate of drug-likeness (QED) is 0.576. The number of imide groups is 1. The third-order valence-electron chi connectivity index (χ3n) is 3.10. The number of benzene rings is 1. The molecule has 132 valence electrons. The molecule has 0 aromatic heterocycles. The highest BCUT2D eigenvalue weighted by Gasteiger charge is 2.29. The van der Waals surface area contributed by atoms with E-state index in [1.165, 1.54) is 24.3 Å². The molecule has 0 aliphatic carbocycles. The van der Waals surface area contributed by atoms with Crippen molar-refractivity contribution in [3.05, 3.63) is 41.7 Å². The largest absolute Gasteiger partial charge is 0.452 e. The van der Waals surface area contributed by atoms with Crippen LogP contribution in [-0.2, 0) is 19.1 Å². The Morgan fingerprint density at radius 1 is 1.36 bits per heavy atom. The van der Waals surface area contributed by atoms with E-state index in [-0.39, 0.29) is 30.0 Å². The summed E-state index contributed by atoms with van der Waals surface area (Å²) in [5.41, 5.74) is 0.485. The monoisotopic (exact) mass is 366 g/mol. The predicted octanol–water partition coefficient (Wildman–Crippen LogP) is 1.19. The van der Waals surface area contributed by atoms with Gasteiger partial charge in [0.05, 0.1) is 5.75 Å². The number of thioether (sulfide) groups is 1. The molecule has 1 heterocycles. The third-order valence-corrected chi connectivity index (χ3v) is 3.96. The van der Waals surface area contributed by atoms with Gasteiger partial charge in [0.2, 0.25) is 5.91 Å². The number of amides is 3. The van der Waals surface area contributed by atoms with E-state index in [9.17, 15) is 23.6 Å². The molecule has 1 saturated heterocycles. The van der Waals surface area contributed by atoms with E-state index in [0.717, 1.165) is 22.7 Å². The lowest BCUT2D eigenvalue weighted by molar-refractivity contribution is -0.143. The van der Waals surface area contributed by atoms with Crippen molar-refractivity contribution in [1.82, 2.24) is 10.2 Å². The summed E-state index contributed by atoms with van der Waals surface area (Å²) in [5.74, 6) is -1.91. The molecule has 1 fully saturated rings. The molecule has 9 heteroatoms. The normalized spacial score (nSPS) is 14.2. The number of ether oxygens (including phenoxy) is 1. The number of rotatable bonds is 7. The second-order valence-electron chi connectivity index (χ2n) is 4.95. The lowest BCUT2D eigenvalue weighted by atomic mass is 10.2. The molecule has 3 amide bonds. The molecule has 1 N–H and O–H groups in total. The van der Waals surface area contributed by atoms with Crippen LogP contribution >= 0.6 is 11.8 Å². The van der Waals surface area contributed by atoms with E-state index in [1.807, 2.05) is 0 Å². The number of hydrogen-bond acceptors (Lipinski definition) is 6. The van der Waals surface area contributed by atoms with E-state index in [2.05, 4.69) is 5.32 Å². The molecule has 7 nitrogen and oxygen atoms in total. The number of nitrogens with zero attached hydrogens (tertiary/aromatic N) is 1. The van der Waals surface area contributed by atoms with Gasteiger partial charge in [0.15, 0.2) is 6.61 Å². The molecule has 0 bridgehead atoms. The zero-order valence-corrected chi connectivity index (χ0v) is 13.9. The number of halogens is 1. The smallest absolute Gasteiger partial charge is 0.331 e. The molecule has 1 aromatic carbocycles. The Labute approximate surface area is 147 Å². The summed E-state index contributed by atoms with van der Waals surface area (Å²) in [6.45, 7) is -0.347. The number of nitrogens with one attached hydrogen (secondary N) is 1. The van der Waals surface area contributed by atoms with Gasteiger partial charge in [0.25, 0.3) is 11.1 Å². The lowest BCUT2D eigenvalue weighted by Crippen LogP contribution is -2.38. The summed E-state index contributed by atoms with van der Waals surface area (Å²) in [4.78, 5) is 46.8. The van der Waals surface area contributed by atoms with E-state index in [1.54, 1.807) is 6.07 Å². The van der Waals surface area contributed by atoms with Crippen LogP contribution in [0.15, 0.2) is 30.3 Å². The summed E-state index contributed by atoms with van der Waals surface area (Å²) in [6, 6.07) is 5.64. The van der Waals surface area contributed by atoms with E-state index in [0.29, 0.717) is 5.56 Å². The Morgan fingerprint density at radius 3 is 2.84 bits per heavy atom. The van der Waals surface area contributed by atoms with Crippen molar-refractivity contribution in [3.8, 4) is 0 Å². The van der Waals surface area contributed by atoms with Crippen LogP contribution in [0.2, 0.25) is 0 Å². The van der Waals surface area contributed by atoms with Crippen LogP contribution in [0.3, 0.4) is 0 Å². The zero-order valence-electron chi connectivity index (χ0n) is 13.1. The maximum Gasteiger partial charge on any atom is 0.331 e. The molecular formula is C16H15FN2O5S. The number of hydrogen-bond donors (Lipinski definition) is 1. The van der Waals surface area contributed by atoms with Gasteiger partial charge in [0, 0.05) is 19.2 Å². The Kier molecular flexibility index (Phi) is 6.70. The molecule has 25 heavy (non-hydrogen) atoms. The molecule has 1 aliphatic rings. The summed E-state index contributed by atoms with van der Waals surface area (Å²) in [7, 11) is 0. The maximum atomic E-state index is 13.0. The Hall–Kier alpha value is -2.68. The molecule has 0 spiro atoms. The summed E-state index contributed by atoms with van der Waals surface area (Å²) in [6.07, 6.45) is 2.45. The topological polar surface area (TPSA) is 92.8 Å². The van der Waals surface area contributed by atoms with Crippen LogP contribution in [-0.4, -0.2) is 53.4 Å². The van der Waals surface area contributed by atoms with Crippen molar-refractivity contribution < 1.29 is 28.3 Å². The fourth-order valence-electron chi connectivity index (χ4n) is 1.91. The zero-order chi connectivity index (χ0) is 18.2. The van der Waals surface area contributed by atoms with Gasteiger partial charge < -0.3 is 10.1 Å². The Balaban J connectivity index is 1.66. The summed E-state index contributed by atoms with van der Waals surface area (Å²) >= 11 is 0.915. The molecule has 2 rings (SSSR count). The van der Waals surface area contributed by atoms with Gasteiger partial charge >= 0.3 is 5.97 Å². The molecule has 0 saturated carbocycles. The fourth-order valence-corrected chi connectivity index (χ4v) is 2.67. The predicted molar refractivity (Wildman–Crippen MR) is 89.0 cm³/mol. The minimum atomic E-state index is -0.749. The first-order valence-electron chi connectivity index (χ1n) is 7.30. The second-order valence-corrected chi connectivity index (χ2v) is 5.87. The highest BCUT2D eigenvalue weighted by atomic mass is 32.2. The first-order chi connectivity index (χ1) is 12.0. The highest BCUT2D eigenvalue weighted by molar-refractivity contribution is 8.14. The van der Waals surface area contributed by atoms with Crippen LogP contribution in [0.25, 0.3) is 6.08 Å².